The van der Waals surface area contributed by atoms with Gasteiger partial charge in [-0.25, -0.2) is 14.6 Å². The minimum absolute atomic E-state index is 0.0472. The highest BCUT2D eigenvalue weighted by molar-refractivity contribution is 7.80. The van der Waals surface area contributed by atoms with Crippen LogP contribution in [0.1, 0.15) is 19.4 Å². The number of carbonyl (C=O) groups is 2. The van der Waals surface area contributed by atoms with Crippen LogP contribution in [0.4, 0.5) is 0 Å². The van der Waals surface area contributed by atoms with Gasteiger partial charge in [0.15, 0.2) is 0 Å². The van der Waals surface area contributed by atoms with Crippen molar-refractivity contribution in [2.24, 2.45) is 4.99 Å². The van der Waals surface area contributed by atoms with Gasteiger partial charge in [0.2, 0.25) is 5.76 Å². The van der Waals surface area contributed by atoms with Gasteiger partial charge in [0.05, 0.1) is 13.2 Å². The Labute approximate surface area is 138 Å². The number of thiocarbonyl (C=S) groups is 1. The van der Waals surface area contributed by atoms with E-state index in [4.69, 9.17) is 17.0 Å². The third-order valence-electron chi connectivity index (χ3n) is 2.46. The van der Waals surface area contributed by atoms with Gasteiger partial charge in [0.25, 0.3) is 0 Å². The molecule has 0 aromatic carbocycles. The molecular formula is C15H16N2O5S. The van der Waals surface area contributed by atoms with Gasteiger partial charge in [-0.1, -0.05) is 12.2 Å². The van der Waals surface area contributed by atoms with Gasteiger partial charge >= 0.3 is 11.9 Å². The maximum atomic E-state index is 11.9. The molecule has 0 spiro atoms. The highest BCUT2D eigenvalue weighted by Gasteiger charge is 2.21. The van der Waals surface area contributed by atoms with Crippen LogP contribution in [0, 0.1) is 0 Å². The molecule has 0 saturated carbocycles. The van der Waals surface area contributed by atoms with Crippen molar-refractivity contribution < 1.29 is 24.2 Å². The first-order valence-electron chi connectivity index (χ1n) is 6.77. The smallest absolute Gasteiger partial charge is 0.374 e. The van der Waals surface area contributed by atoms with Crippen LogP contribution < -0.4 is 0 Å². The second-order valence-corrected chi connectivity index (χ2v) is 4.39. The van der Waals surface area contributed by atoms with Crippen molar-refractivity contribution in [1.82, 2.24) is 4.98 Å². The molecular weight excluding hydrogens is 320 g/mol. The Hall–Kier alpha value is -2.61. The first-order chi connectivity index (χ1) is 11.0. The van der Waals surface area contributed by atoms with E-state index in [1.807, 2.05) is 0 Å². The minimum atomic E-state index is -1.04. The summed E-state index contributed by atoms with van der Waals surface area (Å²) in [6.45, 7) is 3.28. The van der Waals surface area contributed by atoms with Crippen LogP contribution in [0.2, 0.25) is 0 Å². The highest BCUT2D eigenvalue weighted by Crippen LogP contribution is 2.07. The summed E-state index contributed by atoms with van der Waals surface area (Å²) in [5, 5.41) is 9.85. The summed E-state index contributed by atoms with van der Waals surface area (Å²) in [6.07, 6.45) is 4.05. The van der Waals surface area contributed by atoms with Crippen molar-refractivity contribution in [1.29, 1.82) is 0 Å². The lowest BCUT2D eigenvalue weighted by Gasteiger charge is -2.06. The zero-order valence-corrected chi connectivity index (χ0v) is 13.5. The molecule has 0 unspecified atom stereocenters. The van der Waals surface area contributed by atoms with Gasteiger partial charge in [-0.3, -0.25) is 4.98 Å². The molecule has 0 aliphatic carbocycles. The Balaban J connectivity index is 3.08. The topological polar surface area (TPSA) is 98.1 Å². The van der Waals surface area contributed by atoms with Crippen LogP contribution in [-0.2, 0) is 19.1 Å². The fourth-order valence-electron chi connectivity index (χ4n) is 1.42. The van der Waals surface area contributed by atoms with E-state index in [0.29, 0.717) is 5.56 Å². The Morgan fingerprint density at radius 1 is 1.22 bits per heavy atom. The Morgan fingerprint density at radius 3 is 2.35 bits per heavy atom. The number of aliphatic imine (C=N–C) groups is 1. The van der Waals surface area contributed by atoms with E-state index in [9.17, 15) is 14.7 Å². The summed E-state index contributed by atoms with van der Waals surface area (Å²) in [5.74, 6) is -2.83. The zero-order chi connectivity index (χ0) is 17.2. The molecule has 0 bridgehead atoms. The number of aliphatic hydroxyl groups excluding tert-OH is 1. The minimum Gasteiger partial charge on any atom is -0.501 e. The maximum absolute atomic E-state index is 11.9. The largest absolute Gasteiger partial charge is 0.501 e. The molecule has 0 saturated heterocycles. The lowest BCUT2D eigenvalue weighted by atomic mass is 10.2. The number of aliphatic hydroxyl groups is 1. The molecule has 122 valence electrons. The number of hydrogen-bond donors (Lipinski definition) is 1. The molecule has 7 nitrogen and oxygen atoms in total. The van der Waals surface area contributed by atoms with Crippen LogP contribution in [0.15, 0.2) is 40.9 Å². The third kappa shape index (κ3) is 5.59. The van der Waals surface area contributed by atoms with Crippen molar-refractivity contribution >= 4 is 35.4 Å². The van der Waals surface area contributed by atoms with Crippen molar-refractivity contribution in [3.63, 3.8) is 0 Å². The van der Waals surface area contributed by atoms with Crippen LogP contribution in [0.3, 0.4) is 0 Å². The van der Waals surface area contributed by atoms with E-state index in [2.05, 4.69) is 14.7 Å². The Bertz CT molecular complexity index is 641. The summed E-state index contributed by atoms with van der Waals surface area (Å²) < 4.78 is 9.43. The summed E-state index contributed by atoms with van der Waals surface area (Å²) in [4.78, 5) is 31.3. The Kier molecular flexibility index (Phi) is 7.55. The lowest BCUT2D eigenvalue weighted by Crippen LogP contribution is -2.18. The number of hydrogen-bond acceptors (Lipinski definition) is 7. The molecule has 0 aliphatic rings. The number of pyridine rings is 1. The summed E-state index contributed by atoms with van der Waals surface area (Å²) in [5.41, 5.74) is 0.173. The molecule has 0 radical (unpaired) electrons. The van der Waals surface area contributed by atoms with E-state index in [1.165, 1.54) is 12.4 Å². The van der Waals surface area contributed by atoms with E-state index in [0.717, 1.165) is 6.21 Å². The molecule has 23 heavy (non-hydrogen) atoms. The lowest BCUT2D eigenvalue weighted by molar-refractivity contribution is -0.143. The molecule has 1 rings (SSSR count). The summed E-state index contributed by atoms with van der Waals surface area (Å²) in [6, 6.07) is 3.28. The average molecular weight is 336 g/mol. The Morgan fingerprint density at radius 2 is 1.78 bits per heavy atom. The standard InChI is InChI=1S/C15H16N2O5S/c1-3-21-14(19)11(12(18)15(20)22-4-2)9-17-13(23)10-5-7-16-8-6-10/h5-9,18H,3-4H2,1-2H3. The quantitative estimate of drug-likeness (QED) is 0.278. The molecule has 1 N–H and O–H groups in total. The monoisotopic (exact) mass is 336 g/mol. The van der Waals surface area contributed by atoms with E-state index >= 15 is 0 Å². The van der Waals surface area contributed by atoms with Gasteiger partial charge in [-0.05, 0) is 26.0 Å². The van der Waals surface area contributed by atoms with Crippen LogP contribution in [-0.4, -0.2) is 46.4 Å². The third-order valence-corrected chi connectivity index (χ3v) is 2.80. The van der Waals surface area contributed by atoms with Gasteiger partial charge in [-0.15, -0.1) is 0 Å². The van der Waals surface area contributed by atoms with E-state index < -0.39 is 23.3 Å². The van der Waals surface area contributed by atoms with Gasteiger partial charge in [0, 0.05) is 24.2 Å². The number of ether oxygens (including phenoxy) is 2. The number of esters is 2. The number of nitrogens with zero attached hydrogens (tertiary/aromatic N) is 2. The van der Waals surface area contributed by atoms with E-state index in [-0.39, 0.29) is 18.2 Å². The summed E-state index contributed by atoms with van der Waals surface area (Å²) >= 11 is 5.10. The van der Waals surface area contributed by atoms with Gasteiger partial charge in [-0.2, -0.15) is 0 Å². The van der Waals surface area contributed by atoms with E-state index in [1.54, 1.807) is 26.0 Å². The molecule has 1 heterocycles. The zero-order valence-electron chi connectivity index (χ0n) is 12.7. The first kappa shape index (κ1) is 18.4. The molecule has 0 aliphatic heterocycles. The maximum Gasteiger partial charge on any atom is 0.374 e. The number of carbonyl (C=O) groups excluding carboxylic acids is 2. The van der Waals surface area contributed by atoms with Crippen molar-refractivity contribution in [3.8, 4) is 0 Å². The summed E-state index contributed by atoms with van der Waals surface area (Å²) in [7, 11) is 0. The second-order valence-electron chi connectivity index (χ2n) is 4.00. The SMILES string of the molecule is CCOC(=O)C(O)=C(C=NC(=S)c1ccncc1)C(=O)OCC. The first-order valence-corrected chi connectivity index (χ1v) is 7.17. The second kappa shape index (κ2) is 9.42. The molecule has 1 aromatic rings. The fraction of sp³-hybridized carbons (Fsp3) is 0.267. The molecule has 1 aromatic heterocycles. The predicted molar refractivity (Wildman–Crippen MR) is 87.3 cm³/mol. The van der Waals surface area contributed by atoms with Crippen molar-refractivity contribution in [3.05, 3.63) is 41.4 Å². The number of rotatable bonds is 6. The molecule has 8 heteroatoms. The van der Waals surface area contributed by atoms with Crippen LogP contribution >= 0.6 is 12.2 Å². The van der Waals surface area contributed by atoms with Crippen molar-refractivity contribution in [2.75, 3.05) is 13.2 Å². The van der Waals surface area contributed by atoms with Crippen molar-refractivity contribution in [2.45, 2.75) is 13.8 Å². The highest BCUT2D eigenvalue weighted by atomic mass is 32.1. The number of aromatic nitrogens is 1. The van der Waals surface area contributed by atoms with Crippen LogP contribution in [0.5, 0.6) is 0 Å². The fourth-order valence-corrected chi connectivity index (χ4v) is 1.61. The molecule has 0 fully saturated rings. The molecule has 0 atom stereocenters. The van der Waals surface area contributed by atoms with Crippen LogP contribution in [0.25, 0.3) is 0 Å². The predicted octanol–water partition coefficient (Wildman–Crippen LogP) is 1.77. The molecule has 0 amide bonds. The van der Waals surface area contributed by atoms with Gasteiger partial charge < -0.3 is 14.6 Å². The normalized spacial score (nSPS) is 11.7. The average Bonchev–Trinajstić information content (AvgIpc) is 2.56. The van der Waals surface area contributed by atoms with Gasteiger partial charge in [0.1, 0.15) is 10.6 Å².